The Morgan fingerprint density at radius 1 is 1.35 bits per heavy atom. The molecule has 0 fully saturated rings. The first-order chi connectivity index (χ1) is 9.65. The highest BCUT2D eigenvalue weighted by atomic mass is 35.5. The van der Waals surface area contributed by atoms with Crippen LogP contribution in [0.25, 0.3) is 5.65 Å². The monoisotopic (exact) mass is 290 g/mol. The molecule has 1 aromatic carbocycles. The number of aromatic nitrogens is 5. The van der Waals surface area contributed by atoms with Crippen molar-refractivity contribution in [1.29, 1.82) is 0 Å². The van der Waals surface area contributed by atoms with Gasteiger partial charge in [0.05, 0.1) is 28.7 Å². The summed E-state index contributed by atoms with van der Waals surface area (Å²) in [5, 5.41) is 23.3. The van der Waals surface area contributed by atoms with Crippen LogP contribution < -0.4 is 5.32 Å². The molecule has 0 atom stereocenters. The number of halogens is 1. The van der Waals surface area contributed by atoms with Crippen molar-refractivity contribution >= 4 is 34.7 Å². The van der Waals surface area contributed by atoms with Gasteiger partial charge in [-0.25, -0.2) is 4.79 Å². The van der Waals surface area contributed by atoms with Crippen LogP contribution in [0.5, 0.6) is 0 Å². The maximum absolute atomic E-state index is 10.8. The maximum Gasteiger partial charge on any atom is 0.335 e. The predicted molar refractivity (Wildman–Crippen MR) is 70.3 cm³/mol. The first-order valence-corrected chi connectivity index (χ1v) is 5.85. The van der Waals surface area contributed by atoms with Crippen LogP contribution in [0.15, 0.2) is 30.6 Å². The number of aromatic carboxylic acids is 1. The van der Waals surface area contributed by atoms with Gasteiger partial charge in [-0.15, -0.1) is 5.10 Å². The Morgan fingerprint density at radius 3 is 2.95 bits per heavy atom. The molecule has 0 radical (unpaired) electrons. The van der Waals surface area contributed by atoms with Gasteiger partial charge < -0.3 is 10.4 Å². The summed E-state index contributed by atoms with van der Waals surface area (Å²) < 4.78 is 1.45. The molecule has 100 valence electrons. The molecule has 0 saturated heterocycles. The highest BCUT2D eigenvalue weighted by molar-refractivity contribution is 6.33. The van der Waals surface area contributed by atoms with E-state index in [1.165, 1.54) is 29.0 Å². The van der Waals surface area contributed by atoms with Gasteiger partial charge in [0.25, 0.3) is 0 Å². The van der Waals surface area contributed by atoms with E-state index in [-0.39, 0.29) is 10.6 Å². The molecule has 0 aliphatic heterocycles. The Bertz CT molecular complexity index is 802. The predicted octanol–water partition coefficient (Wildman–Crippen LogP) is 1.61. The molecule has 8 nitrogen and oxygen atoms in total. The zero-order chi connectivity index (χ0) is 14.1. The number of fused-ring (bicyclic) bond motifs is 1. The van der Waals surface area contributed by atoms with E-state index in [0.717, 1.165) is 0 Å². The van der Waals surface area contributed by atoms with Gasteiger partial charge in [-0.1, -0.05) is 11.6 Å². The summed E-state index contributed by atoms with van der Waals surface area (Å²) in [7, 11) is 0. The molecule has 2 heterocycles. The molecule has 3 aromatic rings. The van der Waals surface area contributed by atoms with Crippen LogP contribution in [0.2, 0.25) is 5.02 Å². The number of anilines is 2. The molecule has 0 unspecified atom stereocenters. The van der Waals surface area contributed by atoms with Gasteiger partial charge >= 0.3 is 5.97 Å². The first kappa shape index (κ1) is 12.3. The number of nitrogens with zero attached hydrogens (tertiary/aromatic N) is 5. The Kier molecular flexibility index (Phi) is 2.92. The lowest BCUT2D eigenvalue weighted by atomic mass is 10.2. The summed E-state index contributed by atoms with van der Waals surface area (Å²) in [5.74, 6) is -0.528. The third-order valence-electron chi connectivity index (χ3n) is 2.59. The van der Waals surface area contributed by atoms with Gasteiger partial charge in [-0.3, -0.25) is 4.98 Å². The zero-order valence-electron chi connectivity index (χ0n) is 9.86. The van der Waals surface area contributed by atoms with Crippen LogP contribution in [0.1, 0.15) is 10.4 Å². The fraction of sp³-hybridized carbons (Fsp3) is 0. The van der Waals surface area contributed by atoms with Crippen LogP contribution in [-0.4, -0.2) is 36.1 Å². The standard InChI is InChI=1S/C11H7ClN6O2/c12-7-3-6(11(19)20)1-2-8(7)14-9-4-13-5-10-15-16-17-18(9)10/h1-5,14H,(H,19,20). The third kappa shape index (κ3) is 2.12. The van der Waals surface area contributed by atoms with Gasteiger partial charge in [-0.05, 0) is 28.6 Å². The summed E-state index contributed by atoms with van der Waals surface area (Å²) in [6.07, 6.45) is 3.05. The molecule has 0 amide bonds. The average molecular weight is 291 g/mol. The van der Waals surface area contributed by atoms with Crippen molar-refractivity contribution in [3.05, 3.63) is 41.2 Å². The van der Waals surface area contributed by atoms with E-state index in [4.69, 9.17) is 16.7 Å². The van der Waals surface area contributed by atoms with Gasteiger partial charge in [-0.2, -0.15) is 4.52 Å². The lowest BCUT2D eigenvalue weighted by Gasteiger charge is -2.09. The number of benzene rings is 1. The molecule has 0 spiro atoms. The van der Waals surface area contributed by atoms with E-state index >= 15 is 0 Å². The van der Waals surface area contributed by atoms with Crippen LogP contribution in [0.4, 0.5) is 11.5 Å². The average Bonchev–Trinajstić information content (AvgIpc) is 2.90. The molecule has 3 rings (SSSR count). The van der Waals surface area contributed by atoms with Crippen molar-refractivity contribution in [3.63, 3.8) is 0 Å². The van der Waals surface area contributed by atoms with Crippen molar-refractivity contribution in [3.8, 4) is 0 Å². The second kappa shape index (κ2) is 4.74. The Hall–Kier alpha value is -2.74. The maximum atomic E-state index is 10.8. The molecular weight excluding hydrogens is 284 g/mol. The minimum absolute atomic E-state index is 0.110. The molecule has 0 saturated carbocycles. The second-order valence-electron chi connectivity index (χ2n) is 3.87. The first-order valence-electron chi connectivity index (χ1n) is 5.47. The SMILES string of the molecule is O=C(O)c1ccc(Nc2cncc3nnnn23)c(Cl)c1. The molecule has 0 aliphatic rings. The van der Waals surface area contributed by atoms with E-state index in [1.54, 1.807) is 6.07 Å². The zero-order valence-corrected chi connectivity index (χ0v) is 10.6. The normalized spacial score (nSPS) is 10.7. The summed E-state index contributed by atoms with van der Waals surface area (Å²) in [6.45, 7) is 0. The topological polar surface area (TPSA) is 105 Å². The minimum Gasteiger partial charge on any atom is -0.478 e. The molecule has 0 bridgehead atoms. The Morgan fingerprint density at radius 2 is 2.20 bits per heavy atom. The summed E-state index contributed by atoms with van der Waals surface area (Å²) in [4.78, 5) is 14.8. The van der Waals surface area contributed by atoms with Crippen molar-refractivity contribution < 1.29 is 9.90 Å². The van der Waals surface area contributed by atoms with Crippen LogP contribution in [-0.2, 0) is 0 Å². The Labute approximate surface area is 117 Å². The molecule has 9 heteroatoms. The lowest BCUT2D eigenvalue weighted by Crippen LogP contribution is -2.02. The van der Waals surface area contributed by atoms with E-state index in [2.05, 4.69) is 25.8 Å². The van der Waals surface area contributed by atoms with Gasteiger partial charge in [0.2, 0.25) is 0 Å². The fourth-order valence-corrected chi connectivity index (χ4v) is 1.88. The quantitative estimate of drug-likeness (QED) is 0.755. The smallest absolute Gasteiger partial charge is 0.335 e. The number of carbonyl (C=O) groups is 1. The van der Waals surface area contributed by atoms with E-state index in [1.807, 2.05) is 0 Å². The highest BCUT2D eigenvalue weighted by Crippen LogP contribution is 2.26. The largest absolute Gasteiger partial charge is 0.478 e. The third-order valence-corrected chi connectivity index (χ3v) is 2.90. The number of tetrazole rings is 1. The van der Waals surface area contributed by atoms with Crippen molar-refractivity contribution in [1.82, 2.24) is 25.0 Å². The molecular formula is C11H7ClN6O2. The molecule has 2 N–H and O–H groups in total. The van der Waals surface area contributed by atoms with Crippen LogP contribution in [0.3, 0.4) is 0 Å². The van der Waals surface area contributed by atoms with Crippen molar-refractivity contribution in [2.75, 3.05) is 5.32 Å². The summed E-state index contributed by atoms with van der Waals surface area (Å²) in [6, 6.07) is 4.37. The number of carboxylic acids is 1. The van der Waals surface area contributed by atoms with E-state index in [9.17, 15) is 4.79 Å². The van der Waals surface area contributed by atoms with Gasteiger partial charge in [0, 0.05) is 0 Å². The number of hydrogen-bond acceptors (Lipinski definition) is 6. The highest BCUT2D eigenvalue weighted by Gasteiger charge is 2.09. The lowest BCUT2D eigenvalue weighted by molar-refractivity contribution is 0.0697. The second-order valence-corrected chi connectivity index (χ2v) is 4.27. The molecule has 20 heavy (non-hydrogen) atoms. The van der Waals surface area contributed by atoms with Crippen molar-refractivity contribution in [2.24, 2.45) is 0 Å². The van der Waals surface area contributed by atoms with Crippen LogP contribution >= 0.6 is 11.6 Å². The van der Waals surface area contributed by atoms with Gasteiger partial charge in [0.15, 0.2) is 11.5 Å². The van der Waals surface area contributed by atoms with Crippen molar-refractivity contribution in [2.45, 2.75) is 0 Å². The minimum atomic E-state index is -1.04. The van der Waals surface area contributed by atoms with E-state index < -0.39 is 5.97 Å². The number of nitrogens with one attached hydrogen (secondary N) is 1. The van der Waals surface area contributed by atoms with E-state index in [0.29, 0.717) is 17.2 Å². The number of rotatable bonds is 3. The van der Waals surface area contributed by atoms with Crippen LogP contribution in [0, 0.1) is 0 Å². The van der Waals surface area contributed by atoms with Gasteiger partial charge in [0.1, 0.15) is 0 Å². The fourth-order valence-electron chi connectivity index (χ4n) is 1.65. The summed E-state index contributed by atoms with van der Waals surface area (Å²) >= 11 is 6.04. The molecule has 2 aromatic heterocycles. The summed E-state index contributed by atoms with van der Waals surface area (Å²) in [5.41, 5.74) is 1.12. The Balaban J connectivity index is 1.99. The number of carboxylic acid groups (broad SMARTS) is 1. The number of hydrogen-bond donors (Lipinski definition) is 2. The molecule has 0 aliphatic carbocycles.